The molecule has 0 radical (unpaired) electrons. The molecule has 5 atom stereocenters. The van der Waals surface area contributed by atoms with Gasteiger partial charge in [0.2, 0.25) is 0 Å². The number of aromatic nitrogens is 3. The Hall–Kier alpha value is -2.13. The number of rotatable bonds is 8. The van der Waals surface area contributed by atoms with E-state index in [0.29, 0.717) is 25.4 Å². The molecule has 1 aromatic heterocycles. The highest BCUT2D eigenvalue weighted by atomic mass is 32.2. The first kappa shape index (κ1) is 20.2. The zero-order chi connectivity index (χ0) is 20.4. The van der Waals surface area contributed by atoms with Crippen molar-refractivity contribution in [2.45, 2.75) is 43.9 Å². The Morgan fingerprint density at radius 3 is 3.07 bits per heavy atom. The van der Waals surface area contributed by atoms with E-state index in [1.54, 1.807) is 10.9 Å². The minimum absolute atomic E-state index is 0.108. The molecule has 3 saturated heterocycles. The van der Waals surface area contributed by atoms with Gasteiger partial charge in [-0.25, -0.2) is 10.3 Å². The first-order valence-electron chi connectivity index (χ1n) is 9.39. The van der Waals surface area contributed by atoms with Crippen LogP contribution < -0.4 is 10.8 Å². The van der Waals surface area contributed by atoms with E-state index in [-0.39, 0.29) is 18.6 Å². The van der Waals surface area contributed by atoms with Crippen LogP contribution in [0.2, 0.25) is 0 Å². The Balaban J connectivity index is 1.20. The van der Waals surface area contributed by atoms with Crippen LogP contribution >= 0.6 is 0 Å². The Kier molecular flexibility index (Phi) is 6.05. The predicted molar refractivity (Wildman–Crippen MR) is 96.6 cm³/mol. The van der Waals surface area contributed by atoms with Gasteiger partial charge in [-0.3, -0.25) is 18.9 Å². The maximum absolute atomic E-state index is 12.5. The second-order valence-electron chi connectivity index (χ2n) is 7.41. The van der Waals surface area contributed by atoms with E-state index >= 15 is 0 Å². The smallest absolute Gasteiger partial charge is 0.311 e. The standard InChI is InChI=1S/C15H23N7O6S/c23-14(13-2-1-12-8-21(13)15(24)22(12)28-29(25)26)18-27-9-11-5-10(6-16-11)7-20-4-3-17-19-20/h3-4,10-13,16H,1-2,5-9H2,(H,18,23)(H,25,26)/t10-,11+,12?,13?/m0/s1. The van der Waals surface area contributed by atoms with E-state index in [1.165, 1.54) is 4.90 Å². The summed E-state index contributed by atoms with van der Waals surface area (Å²) in [6.45, 7) is 2.17. The average Bonchev–Trinajstić information content (AvgIpc) is 3.41. The van der Waals surface area contributed by atoms with Crippen LogP contribution in [0.3, 0.4) is 0 Å². The van der Waals surface area contributed by atoms with Crippen molar-refractivity contribution >= 4 is 23.3 Å². The molecule has 0 aliphatic carbocycles. The molecule has 0 spiro atoms. The van der Waals surface area contributed by atoms with Gasteiger partial charge in [0.1, 0.15) is 6.04 Å². The monoisotopic (exact) mass is 429 g/mol. The summed E-state index contributed by atoms with van der Waals surface area (Å²) < 4.78 is 26.1. The third-order valence-corrected chi connectivity index (χ3v) is 5.75. The van der Waals surface area contributed by atoms with Crippen LogP contribution in [0.1, 0.15) is 19.3 Å². The number of hydrogen-bond acceptors (Lipinski definition) is 8. The van der Waals surface area contributed by atoms with Crippen molar-refractivity contribution in [3.8, 4) is 0 Å². The molecule has 0 saturated carbocycles. The average molecular weight is 429 g/mol. The summed E-state index contributed by atoms with van der Waals surface area (Å²) in [4.78, 5) is 31.5. The highest BCUT2D eigenvalue weighted by molar-refractivity contribution is 7.74. The van der Waals surface area contributed by atoms with Crippen molar-refractivity contribution in [2.75, 3.05) is 19.7 Å². The molecule has 1 aromatic rings. The van der Waals surface area contributed by atoms with Crippen molar-refractivity contribution in [1.29, 1.82) is 0 Å². The van der Waals surface area contributed by atoms with Gasteiger partial charge in [-0.05, 0) is 25.2 Å². The number of nitrogens with zero attached hydrogens (tertiary/aromatic N) is 5. The van der Waals surface area contributed by atoms with Crippen LogP contribution in [-0.4, -0.2) is 83.5 Å². The first-order valence-corrected chi connectivity index (χ1v) is 10.4. The van der Waals surface area contributed by atoms with Crippen molar-refractivity contribution in [2.24, 2.45) is 5.92 Å². The van der Waals surface area contributed by atoms with Gasteiger partial charge in [0.05, 0.1) is 18.8 Å². The van der Waals surface area contributed by atoms with E-state index < -0.39 is 29.3 Å². The maximum Gasteiger partial charge on any atom is 0.346 e. The van der Waals surface area contributed by atoms with Crippen molar-refractivity contribution in [3.63, 3.8) is 0 Å². The molecule has 4 rings (SSSR count). The number of nitrogens with one attached hydrogen (secondary N) is 2. The molecule has 3 N–H and O–H groups in total. The van der Waals surface area contributed by atoms with Gasteiger partial charge in [-0.1, -0.05) is 5.21 Å². The molecule has 3 fully saturated rings. The molecular weight excluding hydrogens is 406 g/mol. The summed E-state index contributed by atoms with van der Waals surface area (Å²) in [5, 5.41) is 12.0. The van der Waals surface area contributed by atoms with Gasteiger partial charge in [0.15, 0.2) is 0 Å². The summed E-state index contributed by atoms with van der Waals surface area (Å²) in [6, 6.07) is -1.52. The number of piperidine rings is 1. The van der Waals surface area contributed by atoms with Gasteiger partial charge < -0.3 is 10.2 Å². The minimum atomic E-state index is -2.59. The summed E-state index contributed by atoms with van der Waals surface area (Å²) in [7, 11) is 0. The van der Waals surface area contributed by atoms with Crippen LogP contribution in [0.25, 0.3) is 0 Å². The molecule has 29 heavy (non-hydrogen) atoms. The molecule has 14 heteroatoms. The Morgan fingerprint density at radius 2 is 2.31 bits per heavy atom. The van der Waals surface area contributed by atoms with E-state index in [4.69, 9.17) is 9.39 Å². The molecule has 3 amide bonds. The molecular formula is C15H23N7O6S. The zero-order valence-electron chi connectivity index (χ0n) is 15.5. The van der Waals surface area contributed by atoms with E-state index in [0.717, 1.165) is 24.6 Å². The number of carbonyl (C=O) groups excluding carboxylic acids is 2. The first-order chi connectivity index (χ1) is 14.0. The second kappa shape index (κ2) is 8.71. The van der Waals surface area contributed by atoms with Gasteiger partial charge in [-0.15, -0.1) is 9.38 Å². The van der Waals surface area contributed by atoms with Gasteiger partial charge in [-0.2, -0.15) is 9.27 Å². The predicted octanol–water partition coefficient (Wildman–Crippen LogP) is -1.36. The van der Waals surface area contributed by atoms with E-state index in [2.05, 4.69) is 25.4 Å². The largest absolute Gasteiger partial charge is 0.346 e. The van der Waals surface area contributed by atoms with Crippen LogP contribution in [0.4, 0.5) is 4.79 Å². The Bertz CT molecular complexity index is 764. The summed E-state index contributed by atoms with van der Waals surface area (Å²) in [5.74, 6) is -0.0116. The van der Waals surface area contributed by atoms with Gasteiger partial charge in [0, 0.05) is 31.9 Å². The lowest BCUT2D eigenvalue weighted by Gasteiger charge is -2.29. The zero-order valence-corrected chi connectivity index (χ0v) is 16.4. The van der Waals surface area contributed by atoms with Gasteiger partial charge in [0.25, 0.3) is 5.91 Å². The fourth-order valence-electron chi connectivity index (χ4n) is 4.12. The SMILES string of the molecule is O=C(NOC[C@H]1C[C@H](Cn2ccnn2)CN1)C1CCC2CN1C(=O)N2OS(=O)O. The lowest BCUT2D eigenvalue weighted by Crippen LogP contribution is -2.50. The molecule has 2 bridgehead atoms. The van der Waals surface area contributed by atoms with Crippen LogP contribution in [0.15, 0.2) is 12.4 Å². The summed E-state index contributed by atoms with van der Waals surface area (Å²) in [6.07, 6.45) is 5.27. The minimum Gasteiger partial charge on any atom is -0.311 e. The number of carbonyl (C=O) groups is 2. The Labute approximate surface area is 169 Å². The third-order valence-electron chi connectivity index (χ3n) is 5.46. The fourth-order valence-corrected chi connectivity index (χ4v) is 4.44. The second-order valence-corrected chi connectivity index (χ2v) is 7.99. The molecule has 4 heterocycles. The topological polar surface area (TPSA) is 151 Å². The molecule has 3 aliphatic rings. The fraction of sp³-hybridized carbons (Fsp3) is 0.733. The Morgan fingerprint density at radius 1 is 1.45 bits per heavy atom. The highest BCUT2D eigenvalue weighted by Crippen LogP contribution is 2.30. The maximum atomic E-state index is 12.5. The number of amides is 3. The van der Waals surface area contributed by atoms with Crippen LogP contribution in [0, 0.1) is 5.92 Å². The van der Waals surface area contributed by atoms with Crippen LogP contribution in [0.5, 0.6) is 0 Å². The van der Waals surface area contributed by atoms with E-state index in [1.807, 2.05) is 6.20 Å². The number of hydrogen-bond donors (Lipinski definition) is 3. The quantitative estimate of drug-likeness (QED) is 0.336. The summed E-state index contributed by atoms with van der Waals surface area (Å²) in [5.41, 5.74) is 2.43. The normalized spacial score (nSPS) is 30.0. The lowest BCUT2D eigenvalue weighted by molar-refractivity contribution is -0.139. The molecule has 3 unspecified atom stereocenters. The van der Waals surface area contributed by atoms with Crippen molar-refractivity contribution in [1.82, 2.24) is 35.8 Å². The lowest BCUT2D eigenvalue weighted by atomic mass is 10.0. The summed E-state index contributed by atoms with van der Waals surface area (Å²) >= 11 is -2.59. The molecule has 13 nitrogen and oxygen atoms in total. The number of fused-ring (bicyclic) bond motifs is 2. The van der Waals surface area contributed by atoms with Crippen molar-refractivity contribution < 1.29 is 27.5 Å². The number of urea groups is 1. The third kappa shape index (κ3) is 4.56. The molecule has 160 valence electrons. The number of hydroxylamine groups is 3. The highest BCUT2D eigenvalue weighted by Gasteiger charge is 2.48. The molecule has 3 aliphatic heterocycles. The molecule has 0 aromatic carbocycles. The van der Waals surface area contributed by atoms with Crippen LogP contribution in [-0.2, 0) is 31.8 Å². The van der Waals surface area contributed by atoms with Crippen molar-refractivity contribution in [3.05, 3.63) is 12.4 Å². The van der Waals surface area contributed by atoms with E-state index in [9.17, 15) is 13.8 Å². The van der Waals surface area contributed by atoms with Gasteiger partial charge >= 0.3 is 17.4 Å².